The first-order valence-corrected chi connectivity index (χ1v) is 4.16. The summed E-state index contributed by atoms with van der Waals surface area (Å²) in [5.74, 6) is -0.200. The first-order valence-electron chi connectivity index (χ1n) is 4.16. The topological polar surface area (TPSA) is 29.5 Å². The van der Waals surface area contributed by atoms with Crippen LogP contribution >= 0.6 is 0 Å². The summed E-state index contributed by atoms with van der Waals surface area (Å²) >= 11 is 0. The van der Waals surface area contributed by atoms with Crippen molar-refractivity contribution in [2.75, 3.05) is 14.2 Å². The van der Waals surface area contributed by atoms with E-state index in [9.17, 15) is 4.79 Å². The molecule has 0 aliphatic carbocycles. The van der Waals surface area contributed by atoms with Gasteiger partial charge in [0.15, 0.2) is 0 Å². The minimum Gasteiger partial charge on any atom is -0.466 e. The molecule has 12 heavy (non-hydrogen) atoms. The van der Waals surface area contributed by atoms with Gasteiger partial charge < -0.3 is 9.64 Å². The fourth-order valence-corrected chi connectivity index (χ4v) is 1.29. The summed E-state index contributed by atoms with van der Waals surface area (Å²) in [6.07, 6.45) is 3.73. The molecular weight excluding hydrogens is 154 g/mol. The van der Waals surface area contributed by atoms with E-state index in [0.717, 1.165) is 18.4 Å². The van der Waals surface area contributed by atoms with Gasteiger partial charge in [0, 0.05) is 19.3 Å². The van der Waals surface area contributed by atoms with E-state index in [4.69, 9.17) is 0 Å². The third-order valence-corrected chi connectivity index (χ3v) is 2.33. The Balaban J connectivity index is 2.68. The van der Waals surface area contributed by atoms with Crippen LogP contribution in [0.25, 0.3) is 0 Å². The lowest BCUT2D eigenvalue weighted by molar-refractivity contribution is -0.136. The summed E-state index contributed by atoms with van der Waals surface area (Å²) in [6, 6.07) is 0.526. The maximum absolute atomic E-state index is 11.1. The SMILES string of the molecule is COC(=O)C1=CN(C)[C@H](C)CC1. The van der Waals surface area contributed by atoms with Crippen LogP contribution in [0.4, 0.5) is 0 Å². The Labute approximate surface area is 73.0 Å². The van der Waals surface area contributed by atoms with Crippen LogP contribution in [0.5, 0.6) is 0 Å². The van der Waals surface area contributed by atoms with Gasteiger partial charge in [0.25, 0.3) is 0 Å². The molecule has 0 N–H and O–H groups in total. The molecule has 68 valence electrons. The van der Waals surface area contributed by atoms with Crippen molar-refractivity contribution in [3.05, 3.63) is 11.8 Å². The fraction of sp³-hybridized carbons (Fsp3) is 0.667. The van der Waals surface area contributed by atoms with Gasteiger partial charge in [0.2, 0.25) is 0 Å². The molecule has 0 fully saturated rings. The fourth-order valence-electron chi connectivity index (χ4n) is 1.29. The van der Waals surface area contributed by atoms with Crippen molar-refractivity contribution >= 4 is 5.97 Å². The molecular formula is C9H15NO2. The van der Waals surface area contributed by atoms with Gasteiger partial charge in [-0.05, 0) is 19.8 Å². The minimum atomic E-state index is -0.200. The monoisotopic (exact) mass is 169 g/mol. The Kier molecular flexibility index (Phi) is 2.74. The molecule has 0 saturated heterocycles. The summed E-state index contributed by atoms with van der Waals surface area (Å²) < 4.78 is 4.64. The van der Waals surface area contributed by atoms with Crippen molar-refractivity contribution in [2.45, 2.75) is 25.8 Å². The smallest absolute Gasteiger partial charge is 0.335 e. The van der Waals surface area contributed by atoms with Gasteiger partial charge in [-0.1, -0.05) is 0 Å². The molecule has 0 radical (unpaired) electrons. The molecule has 3 nitrogen and oxygen atoms in total. The predicted molar refractivity (Wildman–Crippen MR) is 46.6 cm³/mol. The molecule has 1 aliphatic heterocycles. The van der Waals surface area contributed by atoms with Gasteiger partial charge in [-0.2, -0.15) is 0 Å². The maximum Gasteiger partial charge on any atom is 0.335 e. The lowest BCUT2D eigenvalue weighted by Crippen LogP contribution is -2.29. The number of nitrogens with zero attached hydrogens (tertiary/aromatic N) is 1. The zero-order valence-corrected chi connectivity index (χ0v) is 7.83. The van der Waals surface area contributed by atoms with Gasteiger partial charge in [-0.15, -0.1) is 0 Å². The van der Waals surface area contributed by atoms with E-state index < -0.39 is 0 Å². The summed E-state index contributed by atoms with van der Waals surface area (Å²) in [5, 5.41) is 0. The van der Waals surface area contributed by atoms with E-state index in [2.05, 4.69) is 16.6 Å². The molecule has 0 spiro atoms. The third-order valence-electron chi connectivity index (χ3n) is 2.33. The second-order valence-corrected chi connectivity index (χ2v) is 3.20. The van der Waals surface area contributed by atoms with E-state index in [1.807, 2.05) is 13.2 Å². The van der Waals surface area contributed by atoms with Crippen LogP contribution in [-0.2, 0) is 9.53 Å². The number of methoxy groups -OCH3 is 1. The van der Waals surface area contributed by atoms with E-state index in [-0.39, 0.29) is 5.97 Å². The second-order valence-electron chi connectivity index (χ2n) is 3.20. The summed E-state index contributed by atoms with van der Waals surface area (Å²) in [7, 11) is 3.40. The molecule has 1 aliphatic rings. The Bertz CT molecular complexity index is 211. The number of hydrogen-bond acceptors (Lipinski definition) is 3. The summed E-state index contributed by atoms with van der Waals surface area (Å²) in [4.78, 5) is 13.2. The number of rotatable bonds is 1. The van der Waals surface area contributed by atoms with Crippen LogP contribution in [0, 0.1) is 0 Å². The first-order chi connectivity index (χ1) is 5.65. The Hall–Kier alpha value is -0.990. The van der Waals surface area contributed by atoms with Gasteiger partial charge in [0.1, 0.15) is 0 Å². The molecule has 0 bridgehead atoms. The lowest BCUT2D eigenvalue weighted by atomic mass is 10.0. The molecule has 0 unspecified atom stereocenters. The minimum absolute atomic E-state index is 0.200. The van der Waals surface area contributed by atoms with Crippen LogP contribution in [0.15, 0.2) is 11.8 Å². The van der Waals surface area contributed by atoms with Gasteiger partial charge in [-0.25, -0.2) is 4.79 Å². The number of ether oxygens (including phenoxy) is 1. The second kappa shape index (κ2) is 3.61. The number of esters is 1. The highest BCUT2D eigenvalue weighted by Gasteiger charge is 2.19. The summed E-state index contributed by atoms with van der Waals surface area (Å²) in [6.45, 7) is 2.14. The average molecular weight is 169 g/mol. The van der Waals surface area contributed by atoms with Crippen molar-refractivity contribution in [2.24, 2.45) is 0 Å². The van der Waals surface area contributed by atoms with Gasteiger partial charge in [-0.3, -0.25) is 0 Å². The van der Waals surface area contributed by atoms with Crippen molar-refractivity contribution in [3.63, 3.8) is 0 Å². The highest BCUT2D eigenvalue weighted by atomic mass is 16.5. The number of carbonyl (C=O) groups excluding carboxylic acids is 1. The molecule has 1 rings (SSSR count). The largest absolute Gasteiger partial charge is 0.466 e. The van der Waals surface area contributed by atoms with Crippen LogP contribution in [0.2, 0.25) is 0 Å². The van der Waals surface area contributed by atoms with E-state index in [1.54, 1.807) is 0 Å². The number of carbonyl (C=O) groups is 1. The lowest BCUT2D eigenvalue weighted by Gasteiger charge is -2.28. The van der Waals surface area contributed by atoms with Crippen molar-refractivity contribution in [3.8, 4) is 0 Å². The van der Waals surface area contributed by atoms with Gasteiger partial charge >= 0.3 is 5.97 Å². The van der Waals surface area contributed by atoms with E-state index in [0.29, 0.717) is 6.04 Å². The molecule has 3 heteroatoms. The Morgan fingerprint density at radius 1 is 1.75 bits per heavy atom. The Morgan fingerprint density at radius 3 is 2.92 bits per heavy atom. The first kappa shape index (κ1) is 9.10. The zero-order valence-electron chi connectivity index (χ0n) is 7.83. The molecule has 0 aromatic carbocycles. The molecule has 0 aromatic rings. The molecule has 1 atom stereocenters. The molecule has 0 saturated carbocycles. The maximum atomic E-state index is 11.1. The number of hydrogen-bond donors (Lipinski definition) is 0. The van der Waals surface area contributed by atoms with Crippen molar-refractivity contribution in [1.82, 2.24) is 4.90 Å². The van der Waals surface area contributed by atoms with Crippen molar-refractivity contribution < 1.29 is 9.53 Å². The quantitative estimate of drug-likeness (QED) is 0.552. The molecule has 1 heterocycles. The molecule has 0 amide bonds. The van der Waals surface area contributed by atoms with Gasteiger partial charge in [0.05, 0.1) is 12.7 Å². The highest BCUT2D eigenvalue weighted by molar-refractivity contribution is 5.88. The average Bonchev–Trinajstić information content (AvgIpc) is 2.08. The van der Waals surface area contributed by atoms with Crippen LogP contribution in [-0.4, -0.2) is 31.1 Å². The molecule has 0 aromatic heterocycles. The Morgan fingerprint density at radius 2 is 2.42 bits per heavy atom. The normalized spacial score (nSPS) is 23.4. The summed E-state index contributed by atoms with van der Waals surface area (Å²) in [5.41, 5.74) is 0.776. The van der Waals surface area contributed by atoms with Crippen LogP contribution in [0.1, 0.15) is 19.8 Å². The zero-order chi connectivity index (χ0) is 9.14. The van der Waals surface area contributed by atoms with E-state index >= 15 is 0 Å². The van der Waals surface area contributed by atoms with Crippen molar-refractivity contribution in [1.29, 1.82) is 0 Å². The predicted octanol–water partition coefficient (Wildman–Crippen LogP) is 1.16. The highest BCUT2D eigenvalue weighted by Crippen LogP contribution is 2.19. The van der Waals surface area contributed by atoms with Crippen LogP contribution < -0.4 is 0 Å². The van der Waals surface area contributed by atoms with Crippen LogP contribution in [0.3, 0.4) is 0 Å². The van der Waals surface area contributed by atoms with E-state index in [1.165, 1.54) is 7.11 Å². The standard InChI is InChI=1S/C9H15NO2/c1-7-4-5-8(6-10(7)2)9(11)12-3/h6-7H,4-5H2,1-3H3/t7-/m1/s1. The third kappa shape index (κ3) is 1.78.